The van der Waals surface area contributed by atoms with Gasteiger partial charge < -0.3 is 14.4 Å². The molecule has 0 radical (unpaired) electrons. The van der Waals surface area contributed by atoms with E-state index >= 15 is 0 Å². The van der Waals surface area contributed by atoms with Crippen molar-refractivity contribution >= 4 is 11.6 Å². The van der Waals surface area contributed by atoms with E-state index < -0.39 is 5.79 Å². The Kier molecular flexibility index (Phi) is 3.25. The van der Waals surface area contributed by atoms with Crippen LogP contribution in [0, 0.1) is 13.8 Å². The molecule has 0 aromatic heterocycles. The van der Waals surface area contributed by atoms with E-state index in [1.807, 2.05) is 50.2 Å². The third-order valence-electron chi connectivity index (χ3n) is 4.47. The minimum Gasteiger partial charge on any atom is -0.336 e. The summed E-state index contributed by atoms with van der Waals surface area (Å²) in [5, 5.41) is 0. The van der Waals surface area contributed by atoms with Crippen molar-refractivity contribution in [3.05, 3.63) is 64.7 Å². The molecule has 4 heteroatoms. The largest absolute Gasteiger partial charge is 0.336 e. The van der Waals surface area contributed by atoms with E-state index in [1.54, 1.807) is 4.90 Å². The highest BCUT2D eigenvalue weighted by atomic mass is 16.7. The Balaban J connectivity index is 1.84. The van der Waals surface area contributed by atoms with Crippen molar-refractivity contribution in [1.29, 1.82) is 0 Å². The van der Waals surface area contributed by atoms with Crippen LogP contribution in [0.2, 0.25) is 0 Å². The summed E-state index contributed by atoms with van der Waals surface area (Å²) in [7, 11) is 0. The average Bonchev–Trinajstić information content (AvgIpc) is 3.10. The highest BCUT2D eigenvalue weighted by Gasteiger charge is 2.56. The second-order valence-corrected chi connectivity index (χ2v) is 6.17. The number of carbonyl (C=O) groups is 1. The fourth-order valence-corrected chi connectivity index (χ4v) is 3.57. The van der Waals surface area contributed by atoms with Crippen LogP contribution in [-0.2, 0) is 26.6 Å². The second-order valence-electron chi connectivity index (χ2n) is 6.17. The number of hydrogen-bond acceptors (Lipinski definition) is 3. The Labute approximate surface area is 135 Å². The molecule has 23 heavy (non-hydrogen) atoms. The second kappa shape index (κ2) is 5.18. The standard InChI is InChI=1S/C19H19NO3/c1-13-10-14(2)17-16(11-13)19(22-8-9-23-19)18(21)20(17)12-15-6-4-3-5-7-15/h3-7,10-11H,8-9,12H2,1-2H3. The number of ether oxygens (including phenoxy) is 2. The molecule has 118 valence electrons. The predicted molar refractivity (Wildman–Crippen MR) is 87.1 cm³/mol. The fourth-order valence-electron chi connectivity index (χ4n) is 3.57. The number of benzene rings is 2. The third-order valence-corrected chi connectivity index (χ3v) is 4.47. The van der Waals surface area contributed by atoms with Gasteiger partial charge in [0.15, 0.2) is 0 Å². The van der Waals surface area contributed by atoms with Gasteiger partial charge in [0.2, 0.25) is 0 Å². The molecular weight excluding hydrogens is 290 g/mol. The van der Waals surface area contributed by atoms with Crippen LogP contribution in [0.25, 0.3) is 0 Å². The van der Waals surface area contributed by atoms with Gasteiger partial charge in [0.1, 0.15) is 0 Å². The van der Waals surface area contributed by atoms with E-state index in [-0.39, 0.29) is 5.91 Å². The Bertz CT molecular complexity index is 764. The lowest BCUT2D eigenvalue weighted by Gasteiger charge is -2.22. The molecule has 4 rings (SSSR count). The van der Waals surface area contributed by atoms with Crippen LogP contribution < -0.4 is 4.90 Å². The molecular formula is C19H19NO3. The lowest BCUT2D eigenvalue weighted by atomic mass is 10.0. The molecule has 2 aromatic rings. The van der Waals surface area contributed by atoms with Crippen LogP contribution in [0.3, 0.4) is 0 Å². The summed E-state index contributed by atoms with van der Waals surface area (Å²) in [5.74, 6) is -1.37. The number of fused-ring (bicyclic) bond motifs is 2. The quantitative estimate of drug-likeness (QED) is 0.856. The molecule has 2 aliphatic rings. The van der Waals surface area contributed by atoms with E-state index in [1.165, 1.54) is 0 Å². The minimum atomic E-state index is -1.25. The molecule has 2 aliphatic heterocycles. The number of rotatable bonds is 2. The van der Waals surface area contributed by atoms with Gasteiger partial charge in [-0.15, -0.1) is 0 Å². The lowest BCUT2D eigenvalue weighted by molar-refractivity contribution is -0.180. The first kappa shape index (κ1) is 14.4. The van der Waals surface area contributed by atoms with Gasteiger partial charge in [-0.1, -0.05) is 42.0 Å². The summed E-state index contributed by atoms with van der Waals surface area (Å²) >= 11 is 0. The Morgan fingerprint density at radius 2 is 1.78 bits per heavy atom. The number of hydrogen-bond donors (Lipinski definition) is 0. The molecule has 2 heterocycles. The van der Waals surface area contributed by atoms with Crippen LogP contribution in [-0.4, -0.2) is 19.1 Å². The first-order valence-corrected chi connectivity index (χ1v) is 7.87. The molecule has 4 nitrogen and oxygen atoms in total. The molecule has 2 aromatic carbocycles. The summed E-state index contributed by atoms with van der Waals surface area (Å²) < 4.78 is 11.6. The first-order valence-electron chi connectivity index (χ1n) is 7.87. The van der Waals surface area contributed by atoms with Gasteiger partial charge in [0.05, 0.1) is 25.4 Å². The van der Waals surface area contributed by atoms with E-state index in [2.05, 4.69) is 6.07 Å². The lowest BCUT2D eigenvalue weighted by Crippen LogP contribution is -2.41. The zero-order valence-corrected chi connectivity index (χ0v) is 13.3. The van der Waals surface area contributed by atoms with Crippen LogP contribution in [0.15, 0.2) is 42.5 Å². The minimum absolute atomic E-state index is 0.123. The zero-order chi connectivity index (χ0) is 16.0. The van der Waals surface area contributed by atoms with Crippen molar-refractivity contribution in [3.8, 4) is 0 Å². The van der Waals surface area contributed by atoms with Crippen LogP contribution >= 0.6 is 0 Å². The highest BCUT2D eigenvalue weighted by molar-refractivity contribution is 6.07. The van der Waals surface area contributed by atoms with Gasteiger partial charge in [-0.05, 0) is 31.0 Å². The van der Waals surface area contributed by atoms with Gasteiger partial charge in [0, 0.05) is 5.56 Å². The molecule has 0 bridgehead atoms. The average molecular weight is 309 g/mol. The topological polar surface area (TPSA) is 38.8 Å². The van der Waals surface area contributed by atoms with Crippen LogP contribution in [0.1, 0.15) is 22.3 Å². The number of anilines is 1. The van der Waals surface area contributed by atoms with Gasteiger partial charge >= 0.3 is 0 Å². The number of nitrogens with zero attached hydrogens (tertiary/aromatic N) is 1. The van der Waals surface area contributed by atoms with Crippen molar-refractivity contribution in [2.45, 2.75) is 26.2 Å². The van der Waals surface area contributed by atoms with Crippen LogP contribution in [0.5, 0.6) is 0 Å². The molecule has 1 amide bonds. The van der Waals surface area contributed by atoms with Crippen LogP contribution in [0.4, 0.5) is 5.69 Å². The molecule has 0 atom stereocenters. The predicted octanol–water partition coefficient (Wildman–Crippen LogP) is 3.05. The zero-order valence-electron chi connectivity index (χ0n) is 13.3. The maximum Gasteiger partial charge on any atom is 0.292 e. The highest BCUT2D eigenvalue weighted by Crippen LogP contribution is 2.48. The van der Waals surface area contributed by atoms with Crippen molar-refractivity contribution in [2.75, 3.05) is 18.1 Å². The summed E-state index contributed by atoms with van der Waals surface area (Å²) in [4.78, 5) is 14.9. The van der Waals surface area contributed by atoms with Gasteiger partial charge in [-0.2, -0.15) is 0 Å². The molecule has 0 aliphatic carbocycles. The molecule has 0 saturated carbocycles. The van der Waals surface area contributed by atoms with E-state index in [9.17, 15) is 4.79 Å². The fraction of sp³-hybridized carbons (Fsp3) is 0.316. The monoisotopic (exact) mass is 309 g/mol. The Hall–Kier alpha value is -2.17. The first-order chi connectivity index (χ1) is 11.1. The van der Waals surface area contributed by atoms with Crippen molar-refractivity contribution in [3.63, 3.8) is 0 Å². The van der Waals surface area contributed by atoms with Gasteiger partial charge in [0.25, 0.3) is 11.7 Å². The SMILES string of the molecule is Cc1cc(C)c2c(c1)C1(OCCO1)C(=O)N2Cc1ccccc1. The normalized spacial score (nSPS) is 18.7. The number of aryl methyl sites for hydroxylation is 2. The van der Waals surface area contributed by atoms with Crippen molar-refractivity contribution in [1.82, 2.24) is 0 Å². The number of carbonyl (C=O) groups excluding carboxylic acids is 1. The maximum atomic E-state index is 13.1. The van der Waals surface area contributed by atoms with Gasteiger partial charge in [-0.25, -0.2) is 0 Å². The smallest absolute Gasteiger partial charge is 0.292 e. The van der Waals surface area contributed by atoms with Crippen molar-refractivity contribution in [2.24, 2.45) is 0 Å². The summed E-state index contributed by atoms with van der Waals surface area (Å²) in [5.41, 5.74) is 5.02. The van der Waals surface area contributed by atoms with Crippen molar-refractivity contribution < 1.29 is 14.3 Å². The van der Waals surface area contributed by atoms with Gasteiger partial charge in [-0.3, -0.25) is 4.79 Å². The summed E-state index contributed by atoms with van der Waals surface area (Å²) in [6, 6.07) is 14.1. The molecule has 1 fully saturated rings. The molecule has 1 saturated heterocycles. The molecule has 0 N–H and O–H groups in total. The summed E-state index contributed by atoms with van der Waals surface area (Å²) in [6.45, 7) is 5.46. The Morgan fingerprint density at radius 1 is 1.09 bits per heavy atom. The van der Waals surface area contributed by atoms with E-state index in [0.29, 0.717) is 19.8 Å². The van der Waals surface area contributed by atoms with E-state index in [4.69, 9.17) is 9.47 Å². The maximum absolute atomic E-state index is 13.1. The third kappa shape index (κ3) is 2.10. The van der Waals surface area contributed by atoms with E-state index in [0.717, 1.165) is 27.9 Å². The Morgan fingerprint density at radius 3 is 2.48 bits per heavy atom. The summed E-state index contributed by atoms with van der Waals surface area (Å²) in [6.07, 6.45) is 0. The molecule has 1 spiro atoms. The number of amides is 1. The molecule has 0 unspecified atom stereocenters.